The number of nitrogens with zero attached hydrogens (tertiary/aromatic N) is 1. The summed E-state index contributed by atoms with van der Waals surface area (Å²) in [6.45, 7) is 3.92. The lowest BCUT2D eigenvalue weighted by atomic mass is 9.65. The fraction of sp³-hybridized carbons (Fsp3) is 0.391. The average molecular weight is 508 g/mol. The summed E-state index contributed by atoms with van der Waals surface area (Å²) in [4.78, 5) is 24.4. The standard InChI is InChI=1S/C23H26ClN3O6S/c1-12-6-9-15(33-12)22(23(2)10-5-11-23)26-17-16(19(29)20(17)30)25-14-8-7-13(24)21(18(14)28)34(31,32)27(3)4/h6-9,22,25-26,28H,5,10-11H2,1-4H3. The van der Waals surface area contributed by atoms with Gasteiger partial charge in [-0.2, -0.15) is 0 Å². The highest BCUT2D eigenvalue weighted by atomic mass is 35.5. The maximum absolute atomic E-state index is 12.6. The van der Waals surface area contributed by atoms with Crippen molar-refractivity contribution in [1.82, 2.24) is 4.31 Å². The summed E-state index contributed by atoms with van der Waals surface area (Å²) in [6.07, 6.45) is 2.89. The zero-order valence-corrected chi connectivity index (χ0v) is 20.8. The van der Waals surface area contributed by atoms with Crippen LogP contribution < -0.4 is 21.5 Å². The molecule has 1 heterocycles. The van der Waals surface area contributed by atoms with Gasteiger partial charge in [0.25, 0.3) is 10.9 Å². The molecule has 34 heavy (non-hydrogen) atoms. The Labute approximate surface area is 202 Å². The number of phenols is 1. The van der Waals surface area contributed by atoms with Gasteiger partial charge in [0.1, 0.15) is 27.8 Å². The van der Waals surface area contributed by atoms with Gasteiger partial charge in [0.15, 0.2) is 5.75 Å². The minimum absolute atomic E-state index is 0.0588. The van der Waals surface area contributed by atoms with Crippen molar-refractivity contribution >= 4 is 38.7 Å². The van der Waals surface area contributed by atoms with E-state index in [0.717, 1.165) is 29.3 Å². The van der Waals surface area contributed by atoms with Crippen LogP contribution >= 0.6 is 11.6 Å². The fourth-order valence-corrected chi connectivity index (χ4v) is 5.70. The Hall–Kier alpha value is -2.82. The number of sulfonamides is 1. The third-order valence-corrected chi connectivity index (χ3v) is 8.84. The minimum Gasteiger partial charge on any atom is -0.504 e. The summed E-state index contributed by atoms with van der Waals surface area (Å²) in [5, 5.41) is 16.4. The Bertz CT molecular complexity index is 1430. The highest BCUT2D eigenvalue weighted by Crippen LogP contribution is 2.51. The van der Waals surface area contributed by atoms with Crippen LogP contribution in [0.4, 0.5) is 17.1 Å². The lowest BCUT2D eigenvalue weighted by Gasteiger charge is -2.44. The van der Waals surface area contributed by atoms with Gasteiger partial charge >= 0.3 is 0 Å². The third kappa shape index (κ3) is 3.89. The summed E-state index contributed by atoms with van der Waals surface area (Å²) in [5.41, 5.74) is -1.72. The first-order valence-corrected chi connectivity index (χ1v) is 12.6. The lowest BCUT2D eigenvalue weighted by Crippen LogP contribution is -2.42. The summed E-state index contributed by atoms with van der Waals surface area (Å²) in [6, 6.07) is 5.97. The predicted molar refractivity (Wildman–Crippen MR) is 130 cm³/mol. The van der Waals surface area contributed by atoms with E-state index in [4.69, 9.17) is 16.0 Å². The van der Waals surface area contributed by atoms with Crippen LogP contribution in [-0.2, 0) is 10.0 Å². The van der Waals surface area contributed by atoms with Crippen molar-refractivity contribution in [2.45, 2.75) is 44.0 Å². The van der Waals surface area contributed by atoms with Crippen LogP contribution in [0.5, 0.6) is 5.75 Å². The lowest BCUT2D eigenvalue weighted by molar-refractivity contribution is 0.117. The number of anilines is 3. The first-order chi connectivity index (χ1) is 15.9. The number of aryl methyl sites for hydroxylation is 1. The first-order valence-electron chi connectivity index (χ1n) is 10.7. The van der Waals surface area contributed by atoms with E-state index in [1.165, 1.54) is 26.2 Å². The zero-order valence-electron chi connectivity index (χ0n) is 19.2. The van der Waals surface area contributed by atoms with Crippen LogP contribution in [-0.4, -0.2) is 31.9 Å². The number of phenolic OH excluding ortho intramolecular Hbond substituents is 1. The van der Waals surface area contributed by atoms with Crippen LogP contribution in [0.3, 0.4) is 0 Å². The third-order valence-electron chi connectivity index (χ3n) is 6.52. The maximum atomic E-state index is 12.6. The van der Waals surface area contributed by atoms with Crippen molar-refractivity contribution in [2.24, 2.45) is 5.41 Å². The molecule has 0 bridgehead atoms. The Morgan fingerprint density at radius 2 is 1.76 bits per heavy atom. The molecule has 1 saturated carbocycles. The van der Waals surface area contributed by atoms with E-state index < -0.39 is 31.5 Å². The molecule has 0 aliphatic heterocycles. The highest BCUT2D eigenvalue weighted by molar-refractivity contribution is 7.89. The molecule has 2 aromatic carbocycles. The van der Waals surface area contributed by atoms with Gasteiger partial charge in [-0.1, -0.05) is 24.9 Å². The smallest absolute Gasteiger partial charge is 0.253 e. The molecule has 3 aromatic rings. The summed E-state index contributed by atoms with van der Waals surface area (Å²) in [5.74, 6) is 0.741. The second kappa shape index (κ2) is 8.44. The van der Waals surface area contributed by atoms with Crippen molar-refractivity contribution in [2.75, 3.05) is 24.7 Å². The van der Waals surface area contributed by atoms with Gasteiger partial charge in [-0.25, -0.2) is 12.7 Å². The average Bonchev–Trinajstić information content (AvgIpc) is 3.18. The molecule has 1 aromatic heterocycles. The number of hydrogen-bond donors (Lipinski definition) is 3. The molecule has 1 fully saturated rings. The Balaban J connectivity index is 1.71. The number of furan rings is 1. The summed E-state index contributed by atoms with van der Waals surface area (Å²) in [7, 11) is -1.46. The van der Waals surface area contributed by atoms with Crippen molar-refractivity contribution in [3.05, 3.63) is 61.3 Å². The molecule has 0 spiro atoms. The largest absolute Gasteiger partial charge is 0.504 e. The molecule has 1 aliphatic carbocycles. The van der Waals surface area contributed by atoms with Crippen molar-refractivity contribution < 1.29 is 17.9 Å². The molecular formula is C23H26ClN3O6S. The SMILES string of the molecule is Cc1ccc(C(Nc2c(Nc3ccc(Cl)c(S(=O)(=O)N(C)C)c3O)c(=O)c2=O)C2(C)CCC2)o1. The van der Waals surface area contributed by atoms with Gasteiger partial charge in [-0.3, -0.25) is 9.59 Å². The second-order valence-corrected chi connectivity index (χ2v) is 11.6. The molecule has 4 rings (SSSR count). The normalized spacial score (nSPS) is 16.4. The van der Waals surface area contributed by atoms with Crippen LogP contribution in [0.25, 0.3) is 0 Å². The molecule has 11 heteroatoms. The van der Waals surface area contributed by atoms with Gasteiger partial charge in [0, 0.05) is 14.1 Å². The number of nitrogens with one attached hydrogen (secondary N) is 2. The quantitative estimate of drug-likeness (QED) is 0.309. The van der Waals surface area contributed by atoms with Crippen molar-refractivity contribution in [3.63, 3.8) is 0 Å². The predicted octanol–water partition coefficient (Wildman–Crippen LogP) is 3.88. The molecule has 1 aliphatic rings. The molecule has 0 saturated heterocycles. The molecule has 9 nitrogen and oxygen atoms in total. The van der Waals surface area contributed by atoms with Gasteiger partial charge < -0.3 is 20.2 Å². The maximum Gasteiger partial charge on any atom is 0.253 e. The Kier molecular flexibility index (Phi) is 6.03. The number of benzene rings is 1. The van der Waals surface area contributed by atoms with Gasteiger partial charge in [0.05, 0.1) is 16.8 Å². The minimum atomic E-state index is -4.08. The van der Waals surface area contributed by atoms with Crippen LogP contribution in [0.15, 0.2) is 43.2 Å². The molecule has 0 amide bonds. The summed E-state index contributed by atoms with van der Waals surface area (Å²) >= 11 is 6.06. The van der Waals surface area contributed by atoms with Crippen LogP contribution in [0.1, 0.15) is 43.7 Å². The number of hydrogen-bond acceptors (Lipinski definition) is 8. The summed E-state index contributed by atoms with van der Waals surface area (Å²) < 4.78 is 32.0. The zero-order chi connectivity index (χ0) is 25.0. The van der Waals surface area contributed by atoms with Crippen molar-refractivity contribution in [3.8, 4) is 5.75 Å². The number of aromatic hydroxyl groups is 1. The van der Waals surface area contributed by atoms with Gasteiger partial charge in [0.2, 0.25) is 10.0 Å². The van der Waals surface area contributed by atoms with Crippen LogP contribution in [0.2, 0.25) is 5.02 Å². The molecular weight excluding hydrogens is 482 g/mol. The van der Waals surface area contributed by atoms with E-state index in [-0.39, 0.29) is 33.5 Å². The van der Waals surface area contributed by atoms with Crippen molar-refractivity contribution in [1.29, 1.82) is 0 Å². The van der Waals surface area contributed by atoms with E-state index in [2.05, 4.69) is 17.6 Å². The molecule has 0 radical (unpaired) electrons. The van der Waals surface area contributed by atoms with E-state index in [1.807, 2.05) is 19.1 Å². The monoisotopic (exact) mass is 507 g/mol. The Morgan fingerprint density at radius 1 is 1.12 bits per heavy atom. The van der Waals surface area contributed by atoms with Crippen LogP contribution in [0, 0.1) is 12.3 Å². The Morgan fingerprint density at radius 3 is 2.29 bits per heavy atom. The highest BCUT2D eigenvalue weighted by Gasteiger charge is 2.43. The van der Waals surface area contributed by atoms with E-state index in [1.54, 1.807) is 0 Å². The first kappa shape index (κ1) is 24.3. The number of rotatable bonds is 8. The molecule has 182 valence electrons. The molecule has 1 atom stereocenters. The number of halogens is 1. The molecule has 1 unspecified atom stereocenters. The topological polar surface area (TPSA) is 129 Å². The van der Waals surface area contributed by atoms with Gasteiger partial charge in [-0.05, 0) is 49.4 Å². The second-order valence-electron chi connectivity index (χ2n) is 9.13. The van der Waals surface area contributed by atoms with E-state index in [0.29, 0.717) is 5.76 Å². The molecule has 3 N–H and O–H groups in total. The van der Waals surface area contributed by atoms with E-state index in [9.17, 15) is 23.1 Å². The van der Waals surface area contributed by atoms with Gasteiger partial charge in [-0.15, -0.1) is 0 Å². The van der Waals surface area contributed by atoms with E-state index >= 15 is 0 Å². The fourth-order valence-electron chi connectivity index (χ4n) is 4.22.